The number of aromatic nitrogens is 2. The number of guanidine groups is 1. The number of hydrogen-bond donors (Lipinski definition) is 3. The first kappa shape index (κ1) is 30.6. The Hall–Kier alpha value is -3.36. The molecule has 9 nitrogen and oxygen atoms in total. The fraction of sp³-hybridized carbons (Fsp3) is 0.625. The third kappa shape index (κ3) is 10.9. The summed E-state index contributed by atoms with van der Waals surface area (Å²) >= 11 is 0. The minimum atomic E-state index is -0.0556. The van der Waals surface area contributed by atoms with Gasteiger partial charge in [-0.15, -0.1) is 0 Å². The van der Waals surface area contributed by atoms with Crippen LogP contribution in [0.5, 0.6) is 11.5 Å². The van der Waals surface area contributed by atoms with Crippen molar-refractivity contribution in [2.45, 2.75) is 127 Å². The van der Waals surface area contributed by atoms with Crippen LogP contribution in [-0.2, 0) is 22.6 Å². The van der Waals surface area contributed by atoms with Crippen molar-refractivity contribution in [1.82, 2.24) is 14.9 Å². The van der Waals surface area contributed by atoms with E-state index in [1.165, 1.54) is 19.3 Å². The van der Waals surface area contributed by atoms with Crippen molar-refractivity contribution in [2.75, 3.05) is 0 Å². The highest BCUT2D eigenvalue weighted by molar-refractivity contribution is 5.99. The molecule has 2 fully saturated rings. The van der Waals surface area contributed by atoms with Crippen LogP contribution in [-0.4, -0.2) is 50.4 Å². The molecule has 1 atom stereocenters. The van der Waals surface area contributed by atoms with E-state index in [9.17, 15) is 14.7 Å². The molecule has 0 amide bonds. The van der Waals surface area contributed by atoms with E-state index in [-0.39, 0.29) is 35.9 Å². The van der Waals surface area contributed by atoms with Crippen LogP contribution in [0, 0.1) is 0 Å². The minimum Gasteiger partial charge on any atom is -0.504 e. The summed E-state index contributed by atoms with van der Waals surface area (Å²) in [5.74, 6) is 1.02. The number of aryl methyl sites for hydroxylation is 2. The van der Waals surface area contributed by atoms with E-state index < -0.39 is 0 Å². The molecule has 1 aromatic heterocycles. The summed E-state index contributed by atoms with van der Waals surface area (Å²) in [7, 11) is 0. The SMILES string of the molecule is NC(=NC1CCCCC1)NC(CCCC(=O)CC(=O)CCc1ccc(O)c(OC2CCCC2)c1)CCn1ccnc1. The first-order chi connectivity index (χ1) is 19.9. The maximum Gasteiger partial charge on any atom is 0.189 e. The molecule has 0 aliphatic heterocycles. The van der Waals surface area contributed by atoms with Gasteiger partial charge in [0.05, 0.1) is 24.9 Å². The number of phenolic OH excluding ortho intramolecular Hbond substituents is 1. The van der Waals surface area contributed by atoms with Gasteiger partial charge in [-0.25, -0.2) is 4.98 Å². The third-order valence-electron chi connectivity index (χ3n) is 8.26. The second kappa shape index (κ2) is 16.2. The number of Topliss-reactive ketones (excluding diaryl/α,β-unsaturated/α-hetero) is 2. The highest BCUT2D eigenvalue weighted by Gasteiger charge is 2.19. The Labute approximate surface area is 244 Å². The van der Waals surface area contributed by atoms with E-state index in [4.69, 9.17) is 15.5 Å². The Morgan fingerprint density at radius 2 is 1.83 bits per heavy atom. The van der Waals surface area contributed by atoms with Gasteiger partial charge >= 0.3 is 0 Å². The van der Waals surface area contributed by atoms with E-state index in [1.807, 2.05) is 22.9 Å². The van der Waals surface area contributed by atoms with Gasteiger partial charge in [-0.3, -0.25) is 14.6 Å². The normalized spacial score (nSPS) is 17.4. The molecule has 2 saturated carbocycles. The predicted octanol–water partition coefficient (Wildman–Crippen LogP) is 5.24. The van der Waals surface area contributed by atoms with Crippen LogP contribution >= 0.6 is 0 Å². The highest BCUT2D eigenvalue weighted by atomic mass is 16.5. The number of nitrogens with one attached hydrogen (secondary N) is 1. The molecule has 0 saturated heterocycles. The Morgan fingerprint density at radius 1 is 1.07 bits per heavy atom. The van der Waals surface area contributed by atoms with E-state index in [0.717, 1.165) is 63.5 Å². The van der Waals surface area contributed by atoms with Crippen LogP contribution in [0.2, 0.25) is 0 Å². The third-order valence-corrected chi connectivity index (χ3v) is 8.26. The van der Waals surface area contributed by atoms with Crippen LogP contribution in [0.1, 0.15) is 102 Å². The zero-order chi connectivity index (χ0) is 28.9. The number of nitrogens with zero attached hydrogens (tertiary/aromatic N) is 3. The maximum absolute atomic E-state index is 12.6. The lowest BCUT2D eigenvalue weighted by atomic mass is 9.96. The van der Waals surface area contributed by atoms with E-state index >= 15 is 0 Å². The number of rotatable bonds is 16. The smallest absolute Gasteiger partial charge is 0.189 e. The molecular formula is C32H47N5O4. The lowest BCUT2D eigenvalue weighted by molar-refractivity contribution is -0.127. The van der Waals surface area contributed by atoms with Crippen LogP contribution < -0.4 is 15.8 Å². The zero-order valence-electron chi connectivity index (χ0n) is 24.3. The number of ether oxygens (including phenoxy) is 1. The minimum absolute atomic E-state index is 0.0248. The molecule has 224 valence electrons. The molecular weight excluding hydrogens is 518 g/mol. The van der Waals surface area contributed by atoms with Gasteiger partial charge in [-0.2, -0.15) is 0 Å². The second-order valence-corrected chi connectivity index (χ2v) is 11.7. The lowest BCUT2D eigenvalue weighted by Crippen LogP contribution is -2.41. The molecule has 0 bridgehead atoms. The number of carbonyl (C=O) groups excluding carboxylic acids is 2. The number of benzene rings is 1. The number of aromatic hydroxyl groups is 1. The van der Waals surface area contributed by atoms with E-state index in [2.05, 4.69) is 10.3 Å². The van der Waals surface area contributed by atoms with Gasteiger partial charge in [0.2, 0.25) is 0 Å². The molecule has 0 radical (unpaired) electrons. The monoisotopic (exact) mass is 565 g/mol. The molecule has 9 heteroatoms. The van der Waals surface area contributed by atoms with Crippen molar-refractivity contribution < 1.29 is 19.4 Å². The molecule has 2 aliphatic rings. The van der Waals surface area contributed by atoms with Gasteiger partial charge in [0.25, 0.3) is 0 Å². The average Bonchev–Trinajstić information content (AvgIpc) is 3.67. The topological polar surface area (TPSA) is 132 Å². The fourth-order valence-corrected chi connectivity index (χ4v) is 5.89. The number of imidazole rings is 1. The average molecular weight is 566 g/mol. The summed E-state index contributed by atoms with van der Waals surface area (Å²) in [5, 5.41) is 13.6. The Morgan fingerprint density at radius 3 is 2.59 bits per heavy atom. The fourth-order valence-electron chi connectivity index (χ4n) is 5.89. The molecule has 1 aromatic carbocycles. The summed E-state index contributed by atoms with van der Waals surface area (Å²) in [6.07, 6.45) is 19.3. The van der Waals surface area contributed by atoms with Gasteiger partial charge in [-0.05, 0) is 81.9 Å². The van der Waals surface area contributed by atoms with Crippen LogP contribution in [0.3, 0.4) is 0 Å². The van der Waals surface area contributed by atoms with Gasteiger partial charge in [0.1, 0.15) is 11.6 Å². The van der Waals surface area contributed by atoms with Gasteiger partial charge in [0, 0.05) is 37.8 Å². The highest BCUT2D eigenvalue weighted by Crippen LogP contribution is 2.32. The molecule has 2 aliphatic carbocycles. The quantitative estimate of drug-likeness (QED) is 0.144. The lowest BCUT2D eigenvalue weighted by Gasteiger charge is -2.22. The number of ketones is 2. The van der Waals surface area contributed by atoms with E-state index in [1.54, 1.807) is 18.6 Å². The van der Waals surface area contributed by atoms with Crippen molar-refractivity contribution in [3.8, 4) is 11.5 Å². The predicted molar refractivity (Wildman–Crippen MR) is 160 cm³/mol. The molecule has 4 rings (SSSR count). The second-order valence-electron chi connectivity index (χ2n) is 11.7. The summed E-state index contributed by atoms with van der Waals surface area (Å²) in [6.45, 7) is 0.797. The first-order valence-corrected chi connectivity index (χ1v) is 15.5. The molecule has 41 heavy (non-hydrogen) atoms. The summed E-state index contributed by atoms with van der Waals surface area (Å²) in [5.41, 5.74) is 7.20. The maximum atomic E-state index is 12.6. The molecule has 1 unspecified atom stereocenters. The van der Waals surface area contributed by atoms with Crippen molar-refractivity contribution in [3.63, 3.8) is 0 Å². The molecule has 2 aromatic rings. The number of carbonyl (C=O) groups is 2. The number of nitrogens with two attached hydrogens (primary N) is 1. The largest absolute Gasteiger partial charge is 0.504 e. The summed E-state index contributed by atoms with van der Waals surface area (Å²) in [4.78, 5) is 34.0. The van der Waals surface area contributed by atoms with Crippen molar-refractivity contribution >= 4 is 17.5 Å². The number of aliphatic imine (C=N–C) groups is 1. The molecule has 0 spiro atoms. The van der Waals surface area contributed by atoms with Crippen LogP contribution in [0.25, 0.3) is 0 Å². The summed E-state index contributed by atoms with van der Waals surface area (Å²) < 4.78 is 8.00. The van der Waals surface area contributed by atoms with Gasteiger partial charge < -0.3 is 25.5 Å². The standard InChI is InChI=1S/C32H47N5O4/c33-32(35-25-7-2-1-3-8-25)36-26(17-19-37-20-18-34-23-37)9-6-10-27(38)22-28(39)15-13-24-14-16-30(40)31(21-24)41-29-11-4-5-12-29/h14,16,18,20-21,23,25-26,29,40H,1-13,15,17,19,22H2,(H3,33,35,36). The van der Waals surface area contributed by atoms with Crippen molar-refractivity contribution in [2.24, 2.45) is 10.7 Å². The van der Waals surface area contributed by atoms with Crippen molar-refractivity contribution in [3.05, 3.63) is 42.5 Å². The van der Waals surface area contributed by atoms with E-state index in [0.29, 0.717) is 43.4 Å². The Balaban J connectivity index is 1.19. The molecule has 4 N–H and O–H groups in total. The summed E-state index contributed by atoms with van der Waals surface area (Å²) in [6, 6.07) is 5.64. The number of hydrogen-bond acceptors (Lipinski definition) is 6. The number of phenols is 1. The van der Waals surface area contributed by atoms with Gasteiger partial charge in [0.15, 0.2) is 17.5 Å². The first-order valence-electron chi connectivity index (χ1n) is 15.5. The van der Waals surface area contributed by atoms with Crippen LogP contribution in [0.4, 0.5) is 0 Å². The van der Waals surface area contributed by atoms with Crippen molar-refractivity contribution in [1.29, 1.82) is 0 Å². The molecule has 1 heterocycles. The Kier molecular flexibility index (Phi) is 12.1. The zero-order valence-corrected chi connectivity index (χ0v) is 24.3. The van der Waals surface area contributed by atoms with Crippen LogP contribution in [0.15, 0.2) is 41.9 Å². The Bertz CT molecular complexity index is 1120. The van der Waals surface area contributed by atoms with Gasteiger partial charge in [-0.1, -0.05) is 25.3 Å².